The second-order valence-corrected chi connectivity index (χ2v) is 4.92. The van der Waals surface area contributed by atoms with Gasteiger partial charge in [0, 0.05) is 39.3 Å². The Hall–Kier alpha value is 1.23. The van der Waals surface area contributed by atoms with Crippen molar-refractivity contribution in [3.63, 3.8) is 0 Å². The normalized spacial score (nSPS) is 9.87. The summed E-state index contributed by atoms with van der Waals surface area (Å²) in [5, 5.41) is 57.4. The smallest absolute Gasteiger partial charge is 0.549 e. The van der Waals surface area contributed by atoms with E-state index >= 15 is 0 Å². The number of carbonyl (C=O) groups excluding carboxylic acids is 4. The van der Waals surface area contributed by atoms with Gasteiger partial charge in [0.25, 0.3) is 0 Å². The summed E-state index contributed by atoms with van der Waals surface area (Å²) < 4.78 is 0. The molecule has 0 spiro atoms. The Morgan fingerprint density at radius 3 is 0.933 bits per heavy atom. The predicted molar refractivity (Wildman–Crippen MR) is 72.2 cm³/mol. The molecule has 0 amide bonds. The molecule has 0 saturated carbocycles. The number of aliphatic hydroxyl groups excluding tert-OH is 1. The van der Waals surface area contributed by atoms with E-state index in [0.717, 1.165) is 9.80 Å². The molecule has 30 heavy (non-hydrogen) atoms. The molecule has 0 heterocycles. The van der Waals surface area contributed by atoms with Crippen LogP contribution in [0.1, 0.15) is 6.92 Å². The maximum Gasteiger partial charge on any atom is 1.00 e. The van der Waals surface area contributed by atoms with Crippen LogP contribution >= 0.6 is 0 Å². The topological polar surface area (TPSA) is 225 Å². The first-order valence-corrected chi connectivity index (χ1v) is 7.00. The van der Waals surface area contributed by atoms with Gasteiger partial charge in [0.1, 0.15) is 6.10 Å². The van der Waals surface area contributed by atoms with Crippen LogP contribution in [0, 0.1) is 0 Å². The molecule has 1 atom stereocenters. The zero-order valence-electron chi connectivity index (χ0n) is 17.8. The summed E-state index contributed by atoms with van der Waals surface area (Å²) in [5.74, 6) is -7.31. The van der Waals surface area contributed by atoms with Crippen LogP contribution in [0.3, 0.4) is 0 Å². The fourth-order valence-electron chi connectivity index (χ4n) is 1.44. The second kappa shape index (κ2) is 26.5. The Morgan fingerprint density at radius 2 is 0.833 bits per heavy atom. The molecule has 0 aromatic carbocycles. The Balaban J connectivity index is -0.000000126. The number of hydrogen-bond donors (Lipinski definition) is 2. The molecular weight excluding hydrogens is 452 g/mol. The van der Waals surface area contributed by atoms with Crippen molar-refractivity contribution >= 4 is 29.8 Å². The minimum atomic E-state index is -1.53. The third-order valence-electron chi connectivity index (χ3n) is 2.50. The van der Waals surface area contributed by atoms with Gasteiger partial charge in [0.05, 0.1) is 23.9 Å². The summed E-state index contributed by atoms with van der Waals surface area (Å²) in [5.41, 5.74) is 0. The summed E-state index contributed by atoms with van der Waals surface area (Å²) in [6, 6.07) is 0. The molecule has 150 valence electrons. The Labute approximate surface area is 261 Å². The van der Waals surface area contributed by atoms with Crippen LogP contribution in [0.4, 0.5) is 0 Å². The number of rotatable bonds is 12. The van der Waals surface area contributed by atoms with Crippen molar-refractivity contribution in [2.75, 3.05) is 39.3 Å². The predicted octanol–water partition coefficient (Wildman–Crippen LogP) is -19.9. The quantitative estimate of drug-likeness (QED) is 0.253. The summed E-state index contributed by atoms with van der Waals surface area (Å²) in [4.78, 5) is 52.9. The summed E-state index contributed by atoms with van der Waals surface area (Å²) in [6.07, 6.45) is -1.23. The molecule has 0 radical (unpaired) electrons. The molecule has 0 aliphatic heterocycles. The molecule has 1 unspecified atom stereocenters. The van der Waals surface area contributed by atoms with Crippen LogP contribution in [0.15, 0.2) is 0 Å². The Bertz CT molecular complexity index is 455. The van der Waals surface area contributed by atoms with Gasteiger partial charge < -0.3 is 49.8 Å². The minimum absolute atomic E-state index is 0. The first-order valence-electron chi connectivity index (χ1n) is 7.00. The van der Waals surface area contributed by atoms with E-state index in [1.54, 1.807) is 0 Å². The first kappa shape index (κ1) is 44.8. The number of carboxylic acids is 5. The maximum atomic E-state index is 10.4. The largest absolute Gasteiger partial charge is 1.00 e. The molecule has 0 rings (SSSR count). The Kier molecular flexibility index (Phi) is 39.6. The summed E-state index contributed by atoms with van der Waals surface area (Å²) in [7, 11) is 0. The zero-order chi connectivity index (χ0) is 20.9. The van der Waals surface area contributed by atoms with E-state index in [0.29, 0.717) is 0 Å². The summed E-state index contributed by atoms with van der Waals surface area (Å²) >= 11 is 0. The van der Waals surface area contributed by atoms with Gasteiger partial charge >= 0.3 is 124 Å². The van der Waals surface area contributed by atoms with Crippen molar-refractivity contribution in [2.24, 2.45) is 0 Å². The van der Waals surface area contributed by atoms with Crippen molar-refractivity contribution in [3.8, 4) is 0 Å². The molecule has 0 aromatic rings. The molecular formula is C13H18N2Na4O11. The second-order valence-electron chi connectivity index (χ2n) is 4.92. The number of aliphatic hydroxyl groups is 1. The van der Waals surface area contributed by atoms with Gasteiger partial charge in [-0.15, -0.1) is 0 Å². The van der Waals surface area contributed by atoms with Gasteiger partial charge in [-0.3, -0.25) is 9.80 Å². The van der Waals surface area contributed by atoms with E-state index in [1.807, 2.05) is 0 Å². The number of aliphatic carboxylic acids is 5. The van der Waals surface area contributed by atoms with Gasteiger partial charge in [-0.25, -0.2) is 4.79 Å². The number of carbonyl (C=O) groups is 5. The van der Waals surface area contributed by atoms with Gasteiger partial charge in [-0.2, -0.15) is 0 Å². The van der Waals surface area contributed by atoms with Crippen LogP contribution in [0.25, 0.3) is 0 Å². The van der Waals surface area contributed by atoms with Gasteiger partial charge in [-0.1, -0.05) is 0 Å². The molecule has 0 aliphatic carbocycles. The van der Waals surface area contributed by atoms with Crippen molar-refractivity contribution in [1.29, 1.82) is 0 Å². The van der Waals surface area contributed by atoms with Gasteiger partial charge in [-0.05, 0) is 6.92 Å². The van der Waals surface area contributed by atoms with Crippen molar-refractivity contribution in [1.82, 2.24) is 9.80 Å². The summed E-state index contributed by atoms with van der Waals surface area (Å²) in [6.45, 7) is -2.05. The average Bonchev–Trinajstić information content (AvgIpc) is 2.42. The van der Waals surface area contributed by atoms with Crippen molar-refractivity contribution in [2.45, 2.75) is 13.0 Å². The third-order valence-corrected chi connectivity index (χ3v) is 2.50. The molecule has 0 aromatic heterocycles. The third kappa shape index (κ3) is 33.9. The number of hydrogen-bond acceptors (Lipinski definition) is 12. The number of carboxylic acid groups (broad SMARTS) is 5. The van der Waals surface area contributed by atoms with Crippen molar-refractivity contribution in [3.05, 3.63) is 0 Å². The van der Waals surface area contributed by atoms with Crippen LogP contribution in [-0.4, -0.2) is 95.2 Å². The Morgan fingerprint density at radius 1 is 0.667 bits per heavy atom. The van der Waals surface area contributed by atoms with Gasteiger partial charge in [0.15, 0.2) is 0 Å². The molecule has 0 aliphatic rings. The molecule has 13 nitrogen and oxygen atoms in total. The average molecular weight is 470 g/mol. The van der Waals surface area contributed by atoms with Crippen LogP contribution in [-0.2, 0) is 24.0 Å². The zero-order valence-corrected chi connectivity index (χ0v) is 25.8. The van der Waals surface area contributed by atoms with E-state index in [1.165, 1.54) is 6.92 Å². The minimum Gasteiger partial charge on any atom is -0.549 e. The van der Waals surface area contributed by atoms with E-state index in [-0.39, 0.29) is 131 Å². The van der Waals surface area contributed by atoms with E-state index in [4.69, 9.17) is 10.2 Å². The molecule has 0 bridgehead atoms. The molecule has 2 N–H and O–H groups in total. The molecule has 0 saturated heterocycles. The van der Waals surface area contributed by atoms with E-state index < -0.39 is 62.1 Å². The SMILES string of the molecule is CC(O)C(=O)O.O=C([O-])CN(CCN(CC(=O)[O-])CC(=O)[O-])CC(=O)[O-].[Na+].[Na+].[Na+].[Na+]. The van der Waals surface area contributed by atoms with Crippen LogP contribution in [0.2, 0.25) is 0 Å². The monoisotopic (exact) mass is 470 g/mol. The van der Waals surface area contributed by atoms with E-state index in [9.17, 15) is 44.4 Å². The van der Waals surface area contributed by atoms with Crippen LogP contribution < -0.4 is 139 Å². The molecule has 17 heteroatoms. The van der Waals surface area contributed by atoms with Gasteiger partial charge in [0.2, 0.25) is 0 Å². The number of nitrogens with zero attached hydrogens (tertiary/aromatic N) is 2. The maximum absolute atomic E-state index is 10.4. The fourth-order valence-corrected chi connectivity index (χ4v) is 1.44. The standard InChI is InChI=1S/C10H16N2O8.C3H6O3.4Na/c13-7(14)3-11(4-8(15)16)1-2-12(5-9(17)18)6-10(19)20;1-2(4)3(5)6;;;;/h1-6H2,(H,13,14)(H,15,16)(H,17,18)(H,19,20);2,4H,1H3,(H,5,6);;;;/q;;4*+1/p-4. The molecule has 0 fully saturated rings. The van der Waals surface area contributed by atoms with Crippen molar-refractivity contribution < 1.29 is 173 Å². The van der Waals surface area contributed by atoms with E-state index in [2.05, 4.69) is 0 Å². The fraction of sp³-hybridized carbons (Fsp3) is 0.615. The first-order chi connectivity index (χ1) is 11.8. The van der Waals surface area contributed by atoms with Crippen LogP contribution in [0.5, 0.6) is 0 Å².